The monoisotopic (exact) mass is 568 g/mol. The van der Waals surface area contributed by atoms with Crippen LogP contribution in [0.3, 0.4) is 0 Å². The Morgan fingerprint density at radius 2 is 1.33 bits per heavy atom. The highest BCUT2D eigenvalue weighted by atomic mass is 32.1. The molecule has 1 aliphatic rings. The van der Waals surface area contributed by atoms with E-state index in [4.69, 9.17) is 12.6 Å². The molecule has 1 aliphatic carbocycles. The lowest BCUT2D eigenvalue weighted by molar-refractivity contribution is 1.21. The van der Waals surface area contributed by atoms with Crippen molar-refractivity contribution in [3.05, 3.63) is 127 Å². The first-order valence-electron chi connectivity index (χ1n) is 14.8. The van der Waals surface area contributed by atoms with E-state index in [1.54, 1.807) is 0 Å². The SMILES string of the molecule is C/C=C\C=C(/CS)n1c2ccc(-c3ccc4[nH]c5ccccc5c4c3)cc2c2c3cccc4c3c(cc21)-c1ccccc1-4. The number of fused-ring (bicyclic) bond motifs is 10. The molecule has 0 fully saturated rings. The third kappa shape index (κ3) is 3.43. The van der Waals surface area contributed by atoms with Crippen molar-refractivity contribution in [2.75, 3.05) is 5.75 Å². The van der Waals surface area contributed by atoms with Crippen molar-refractivity contribution in [2.45, 2.75) is 6.92 Å². The highest BCUT2D eigenvalue weighted by Crippen LogP contribution is 2.51. The Bertz CT molecular complexity index is 2500. The fraction of sp³-hybridized carbons (Fsp3) is 0.0500. The van der Waals surface area contributed by atoms with E-state index in [2.05, 4.69) is 144 Å². The van der Waals surface area contributed by atoms with Gasteiger partial charge in [0.25, 0.3) is 0 Å². The van der Waals surface area contributed by atoms with Crippen LogP contribution in [-0.2, 0) is 0 Å². The smallest absolute Gasteiger partial charge is 0.0550 e. The van der Waals surface area contributed by atoms with Crippen LogP contribution < -0.4 is 0 Å². The Labute approximate surface area is 255 Å². The first-order chi connectivity index (χ1) is 21.2. The summed E-state index contributed by atoms with van der Waals surface area (Å²) < 4.78 is 2.42. The summed E-state index contributed by atoms with van der Waals surface area (Å²) in [6.45, 7) is 2.06. The molecule has 0 spiro atoms. The molecule has 204 valence electrons. The van der Waals surface area contributed by atoms with Crippen LogP contribution in [-0.4, -0.2) is 15.3 Å². The minimum absolute atomic E-state index is 0.631. The molecule has 6 aromatic carbocycles. The molecule has 0 aliphatic heterocycles. The van der Waals surface area contributed by atoms with Crippen molar-refractivity contribution in [3.8, 4) is 33.4 Å². The fourth-order valence-electron chi connectivity index (χ4n) is 7.30. The van der Waals surface area contributed by atoms with Gasteiger partial charge in [-0.25, -0.2) is 0 Å². The van der Waals surface area contributed by atoms with Crippen molar-refractivity contribution in [3.63, 3.8) is 0 Å². The number of thiol groups is 1. The molecule has 0 unspecified atom stereocenters. The molecule has 2 aromatic heterocycles. The van der Waals surface area contributed by atoms with Crippen molar-refractivity contribution >= 4 is 72.7 Å². The number of benzene rings is 6. The van der Waals surface area contributed by atoms with Gasteiger partial charge in [-0.2, -0.15) is 12.6 Å². The molecule has 43 heavy (non-hydrogen) atoms. The molecule has 9 rings (SSSR count). The number of aromatic amines is 1. The van der Waals surface area contributed by atoms with Gasteiger partial charge in [-0.15, -0.1) is 0 Å². The van der Waals surface area contributed by atoms with E-state index < -0.39 is 0 Å². The van der Waals surface area contributed by atoms with Gasteiger partial charge in [0.05, 0.1) is 11.0 Å². The number of H-pyrrole nitrogens is 1. The minimum Gasteiger partial charge on any atom is -0.355 e. The summed E-state index contributed by atoms with van der Waals surface area (Å²) >= 11 is 4.81. The third-order valence-corrected chi connectivity index (χ3v) is 9.49. The lowest BCUT2D eigenvalue weighted by atomic mass is 9.96. The number of rotatable bonds is 4. The number of nitrogens with one attached hydrogen (secondary N) is 1. The van der Waals surface area contributed by atoms with Crippen LogP contribution in [0.1, 0.15) is 6.92 Å². The highest BCUT2D eigenvalue weighted by molar-refractivity contribution is 7.80. The zero-order valence-electron chi connectivity index (χ0n) is 23.7. The van der Waals surface area contributed by atoms with Gasteiger partial charge in [0, 0.05) is 44.0 Å². The van der Waals surface area contributed by atoms with Gasteiger partial charge >= 0.3 is 0 Å². The number of aromatic nitrogens is 2. The molecule has 0 radical (unpaired) electrons. The third-order valence-electron chi connectivity index (χ3n) is 9.17. The van der Waals surface area contributed by atoms with Gasteiger partial charge in [0.15, 0.2) is 0 Å². The highest BCUT2D eigenvalue weighted by Gasteiger charge is 2.25. The number of hydrogen-bond acceptors (Lipinski definition) is 1. The Kier molecular flexibility index (Phi) is 5.29. The predicted molar refractivity (Wildman–Crippen MR) is 189 cm³/mol. The van der Waals surface area contributed by atoms with Crippen molar-refractivity contribution in [1.29, 1.82) is 0 Å². The van der Waals surface area contributed by atoms with Gasteiger partial charge in [-0.05, 0) is 93.6 Å². The molecular formula is C40H28N2S. The molecule has 0 saturated carbocycles. The summed E-state index contributed by atoms with van der Waals surface area (Å²) in [4.78, 5) is 3.57. The Morgan fingerprint density at radius 3 is 2.16 bits per heavy atom. The quantitative estimate of drug-likeness (QED) is 0.156. The van der Waals surface area contributed by atoms with E-state index >= 15 is 0 Å². The average molecular weight is 569 g/mol. The molecule has 1 N–H and O–H groups in total. The number of hydrogen-bond donors (Lipinski definition) is 2. The van der Waals surface area contributed by atoms with Crippen LogP contribution in [0, 0.1) is 0 Å². The first-order valence-corrected chi connectivity index (χ1v) is 15.5. The maximum atomic E-state index is 4.81. The normalized spacial score (nSPS) is 13.0. The molecule has 0 atom stereocenters. The van der Waals surface area contributed by atoms with Crippen molar-refractivity contribution in [1.82, 2.24) is 9.55 Å². The minimum atomic E-state index is 0.631. The van der Waals surface area contributed by atoms with E-state index in [0.29, 0.717) is 5.75 Å². The maximum Gasteiger partial charge on any atom is 0.0550 e. The van der Waals surface area contributed by atoms with E-state index in [1.807, 2.05) is 0 Å². The van der Waals surface area contributed by atoms with Crippen molar-refractivity contribution < 1.29 is 0 Å². The van der Waals surface area contributed by atoms with E-state index in [9.17, 15) is 0 Å². The van der Waals surface area contributed by atoms with Gasteiger partial charge in [-0.3, -0.25) is 0 Å². The van der Waals surface area contributed by atoms with Crippen molar-refractivity contribution in [2.24, 2.45) is 0 Å². The van der Waals surface area contributed by atoms with Crippen LogP contribution >= 0.6 is 12.6 Å². The average Bonchev–Trinajstić information content (AvgIpc) is 3.70. The molecular weight excluding hydrogens is 541 g/mol. The first kappa shape index (κ1) is 24.6. The Morgan fingerprint density at radius 1 is 0.628 bits per heavy atom. The van der Waals surface area contributed by atoms with Gasteiger partial charge in [0.2, 0.25) is 0 Å². The van der Waals surface area contributed by atoms with Gasteiger partial charge < -0.3 is 9.55 Å². The molecule has 2 heterocycles. The second kappa shape index (κ2) is 9.26. The maximum absolute atomic E-state index is 4.81. The summed E-state index contributed by atoms with van der Waals surface area (Å²) in [6, 6.07) is 40.3. The molecule has 0 bridgehead atoms. The molecule has 0 saturated heterocycles. The van der Waals surface area contributed by atoms with Crippen LogP contribution in [0.25, 0.3) is 93.5 Å². The number of nitrogens with zero attached hydrogens (tertiary/aromatic N) is 1. The molecule has 0 amide bonds. The second-order valence-electron chi connectivity index (χ2n) is 11.4. The number of para-hydroxylation sites is 1. The Balaban J connectivity index is 1.39. The van der Waals surface area contributed by atoms with Crippen LogP contribution in [0.15, 0.2) is 127 Å². The number of allylic oxidation sites excluding steroid dienone is 3. The molecule has 3 heteroatoms. The lowest BCUT2D eigenvalue weighted by Crippen LogP contribution is -1.98. The zero-order chi connectivity index (χ0) is 28.7. The zero-order valence-corrected chi connectivity index (χ0v) is 24.6. The van der Waals surface area contributed by atoms with Gasteiger partial charge in [-0.1, -0.05) is 84.9 Å². The van der Waals surface area contributed by atoms with Crippen LogP contribution in [0.4, 0.5) is 0 Å². The topological polar surface area (TPSA) is 20.7 Å². The fourth-order valence-corrected chi connectivity index (χ4v) is 7.55. The van der Waals surface area contributed by atoms with Crippen LogP contribution in [0.2, 0.25) is 0 Å². The summed E-state index contributed by atoms with van der Waals surface area (Å²) in [6.07, 6.45) is 6.38. The summed E-state index contributed by atoms with van der Waals surface area (Å²) in [5.74, 6) is 0.631. The van der Waals surface area contributed by atoms with E-state index in [1.165, 1.54) is 87.8 Å². The largest absolute Gasteiger partial charge is 0.355 e. The standard InChI is InChI=1S/C40H28N2S/c1-2-3-9-26(23-43)42-37-19-17-25(24-16-18-36-32(20-24)29-12-6-7-15-35(29)41-36)21-34(37)40-31-14-8-13-30-27-10-4-5-11-28(27)33(39(30)31)22-38(40)42/h2-22,41,43H,23H2,1H3/b3-2-,26-9+. The molecule has 2 nitrogen and oxygen atoms in total. The lowest BCUT2D eigenvalue weighted by Gasteiger charge is -2.12. The van der Waals surface area contributed by atoms with Crippen LogP contribution in [0.5, 0.6) is 0 Å². The summed E-state index contributed by atoms with van der Waals surface area (Å²) in [5, 5.41) is 7.73. The van der Waals surface area contributed by atoms with E-state index in [-0.39, 0.29) is 0 Å². The second-order valence-corrected chi connectivity index (χ2v) is 11.7. The molecule has 8 aromatic rings. The van der Waals surface area contributed by atoms with E-state index in [0.717, 1.165) is 5.70 Å². The Hall–Kier alpha value is -4.99. The summed E-state index contributed by atoms with van der Waals surface area (Å²) in [5.41, 5.74) is 13.6. The summed E-state index contributed by atoms with van der Waals surface area (Å²) in [7, 11) is 0. The van der Waals surface area contributed by atoms with Gasteiger partial charge in [0.1, 0.15) is 0 Å². The predicted octanol–water partition coefficient (Wildman–Crippen LogP) is 11.2.